The summed E-state index contributed by atoms with van der Waals surface area (Å²) < 4.78 is 0.755. The molecule has 1 aromatic rings. The molecule has 15 heavy (non-hydrogen) atoms. The number of halogens is 2. The number of nitrogens with one attached hydrogen (secondary N) is 1. The van der Waals surface area contributed by atoms with E-state index in [0.717, 1.165) is 4.47 Å². The number of benzene rings is 1. The first-order valence-electron chi connectivity index (χ1n) is 4.41. The van der Waals surface area contributed by atoms with Crippen LogP contribution in [0.2, 0.25) is 5.02 Å². The monoisotopic (exact) mass is 291 g/mol. The Morgan fingerprint density at radius 2 is 2.20 bits per heavy atom. The third-order valence-corrected chi connectivity index (χ3v) is 2.80. The van der Waals surface area contributed by atoms with E-state index < -0.39 is 0 Å². The predicted octanol–water partition coefficient (Wildman–Crippen LogP) is 3.17. The molecular formula is C10H11BrClNO2. The molecule has 0 bridgehead atoms. The molecule has 1 rings (SSSR count). The van der Waals surface area contributed by atoms with Crippen LogP contribution in [0.4, 0.5) is 0 Å². The summed E-state index contributed by atoms with van der Waals surface area (Å²) in [5, 5.41) is 0.493. The van der Waals surface area contributed by atoms with Crippen molar-refractivity contribution in [2.45, 2.75) is 20.0 Å². The number of amides is 1. The summed E-state index contributed by atoms with van der Waals surface area (Å²) in [6.45, 7) is 3.66. The van der Waals surface area contributed by atoms with Crippen LogP contribution >= 0.6 is 27.5 Å². The molecule has 82 valence electrons. The van der Waals surface area contributed by atoms with Crippen LogP contribution < -0.4 is 5.48 Å². The second-order valence-electron chi connectivity index (χ2n) is 3.23. The van der Waals surface area contributed by atoms with Crippen molar-refractivity contribution in [2.75, 3.05) is 0 Å². The summed E-state index contributed by atoms with van der Waals surface area (Å²) in [5.74, 6) is -0.307. The van der Waals surface area contributed by atoms with E-state index in [2.05, 4.69) is 21.4 Å². The highest BCUT2D eigenvalue weighted by atomic mass is 79.9. The van der Waals surface area contributed by atoms with Gasteiger partial charge in [-0.05, 0) is 48.0 Å². The van der Waals surface area contributed by atoms with Gasteiger partial charge < -0.3 is 0 Å². The van der Waals surface area contributed by atoms with Crippen LogP contribution in [0.5, 0.6) is 0 Å². The van der Waals surface area contributed by atoms with Gasteiger partial charge in [-0.15, -0.1) is 0 Å². The highest BCUT2D eigenvalue weighted by Crippen LogP contribution is 2.23. The number of rotatable bonds is 3. The second-order valence-corrected chi connectivity index (χ2v) is 4.49. The molecule has 0 radical (unpaired) electrons. The Balaban J connectivity index is 2.70. The molecule has 3 nitrogen and oxygen atoms in total. The molecule has 1 amide bonds. The number of carbonyl (C=O) groups is 1. The zero-order valence-corrected chi connectivity index (χ0v) is 10.7. The highest BCUT2D eigenvalue weighted by Gasteiger charge is 2.08. The Morgan fingerprint density at radius 3 is 2.73 bits per heavy atom. The Kier molecular flexibility index (Phi) is 4.57. The van der Waals surface area contributed by atoms with E-state index in [9.17, 15) is 4.79 Å². The van der Waals surface area contributed by atoms with Gasteiger partial charge in [0.25, 0.3) is 5.91 Å². The van der Waals surface area contributed by atoms with Gasteiger partial charge in [-0.3, -0.25) is 9.63 Å². The minimum atomic E-state index is -0.307. The van der Waals surface area contributed by atoms with Crippen molar-refractivity contribution in [3.05, 3.63) is 33.3 Å². The van der Waals surface area contributed by atoms with Crippen LogP contribution in [-0.4, -0.2) is 12.0 Å². The fourth-order valence-corrected chi connectivity index (χ4v) is 1.29. The third kappa shape index (κ3) is 3.81. The fourth-order valence-electron chi connectivity index (χ4n) is 0.868. The summed E-state index contributed by atoms with van der Waals surface area (Å²) >= 11 is 9.10. The molecule has 0 unspecified atom stereocenters. The molecule has 0 aromatic heterocycles. The SMILES string of the molecule is CC(C)ONC(=O)c1ccc(Br)c(Cl)c1. The van der Waals surface area contributed by atoms with Crippen molar-refractivity contribution < 1.29 is 9.63 Å². The van der Waals surface area contributed by atoms with Crippen molar-refractivity contribution in [1.82, 2.24) is 5.48 Å². The van der Waals surface area contributed by atoms with Gasteiger partial charge in [-0.1, -0.05) is 11.6 Å². The first-order chi connectivity index (χ1) is 7.00. The van der Waals surface area contributed by atoms with Gasteiger partial charge in [0, 0.05) is 10.0 Å². The lowest BCUT2D eigenvalue weighted by atomic mass is 10.2. The van der Waals surface area contributed by atoms with Gasteiger partial charge in [0.1, 0.15) is 0 Å². The van der Waals surface area contributed by atoms with Crippen molar-refractivity contribution in [3.63, 3.8) is 0 Å². The zero-order valence-electron chi connectivity index (χ0n) is 8.38. The first kappa shape index (κ1) is 12.5. The Hall–Kier alpha value is -0.580. The van der Waals surface area contributed by atoms with Crippen LogP contribution in [0, 0.1) is 0 Å². The van der Waals surface area contributed by atoms with Crippen molar-refractivity contribution >= 4 is 33.4 Å². The molecule has 1 N–H and O–H groups in total. The maximum Gasteiger partial charge on any atom is 0.274 e. The molecule has 0 heterocycles. The summed E-state index contributed by atoms with van der Waals surface area (Å²) in [4.78, 5) is 16.5. The van der Waals surface area contributed by atoms with E-state index in [-0.39, 0.29) is 12.0 Å². The quantitative estimate of drug-likeness (QED) is 0.869. The van der Waals surface area contributed by atoms with Crippen LogP contribution in [0.25, 0.3) is 0 Å². The molecule has 1 aromatic carbocycles. The molecule has 0 aliphatic heterocycles. The number of carbonyl (C=O) groups excluding carboxylic acids is 1. The van der Waals surface area contributed by atoms with Gasteiger partial charge in [-0.2, -0.15) is 0 Å². The highest BCUT2D eigenvalue weighted by molar-refractivity contribution is 9.10. The smallest absolute Gasteiger partial charge is 0.271 e. The maximum absolute atomic E-state index is 11.5. The van der Waals surface area contributed by atoms with Crippen LogP contribution in [0.15, 0.2) is 22.7 Å². The number of hydrogen-bond acceptors (Lipinski definition) is 2. The lowest BCUT2D eigenvalue weighted by Crippen LogP contribution is -2.26. The van der Waals surface area contributed by atoms with Crippen molar-refractivity contribution in [1.29, 1.82) is 0 Å². The molecule has 0 spiro atoms. The van der Waals surface area contributed by atoms with Crippen LogP contribution in [0.1, 0.15) is 24.2 Å². The van der Waals surface area contributed by atoms with Gasteiger partial charge in [0.15, 0.2) is 0 Å². The standard InChI is InChI=1S/C10H11BrClNO2/c1-6(2)15-13-10(14)7-3-4-8(11)9(12)5-7/h3-6H,1-2H3,(H,13,14). The Morgan fingerprint density at radius 1 is 1.53 bits per heavy atom. The topological polar surface area (TPSA) is 38.3 Å². The van der Waals surface area contributed by atoms with E-state index >= 15 is 0 Å². The number of hydroxylamine groups is 1. The lowest BCUT2D eigenvalue weighted by molar-refractivity contribution is 0.000189. The van der Waals surface area contributed by atoms with E-state index in [1.165, 1.54) is 0 Å². The van der Waals surface area contributed by atoms with Gasteiger partial charge in [-0.25, -0.2) is 5.48 Å². The largest absolute Gasteiger partial charge is 0.274 e. The van der Waals surface area contributed by atoms with Crippen molar-refractivity contribution in [3.8, 4) is 0 Å². The average Bonchev–Trinajstić information content (AvgIpc) is 2.18. The Bertz CT molecular complexity index is 368. The lowest BCUT2D eigenvalue weighted by Gasteiger charge is -2.08. The molecular weight excluding hydrogens is 281 g/mol. The minimum absolute atomic E-state index is 0.0557. The molecule has 0 saturated carbocycles. The maximum atomic E-state index is 11.5. The normalized spacial score (nSPS) is 10.5. The first-order valence-corrected chi connectivity index (χ1v) is 5.59. The zero-order chi connectivity index (χ0) is 11.4. The third-order valence-electron chi connectivity index (χ3n) is 1.57. The molecule has 0 aliphatic rings. The van der Waals surface area contributed by atoms with Gasteiger partial charge in [0.2, 0.25) is 0 Å². The molecule has 0 aliphatic carbocycles. The van der Waals surface area contributed by atoms with Gasteiger partial charge >= 0.3 is 0 Å². The molecule has 0 fully saturated rings. The van der Waals surface area contributed by atoms with E-state index in [1.807, 2.05) is 13.8 Å². The second kappa shape index (κ2) is 5.49. The summed E-state index contributed by atoms with van der Waals surface area (Å²) in [6, 6.07) is 4.95. The molecule has 0 saturated heterocycles. The Labute approximate surface area is 102 Å². The molecule has 5 heteroatoms. The summed E-state index contributed by atoms with van der Waals surface area (Å²) in [7, 11) is 0. The minimum Gasteiger partial charge on any atom is -0.271 e. The van der Waals surface area contributed by atoms with Crippen molar-refractivity contribution in [2.24, 2.45) is 0 Å². The van der Waals surface area contributed by atoms with E-state index in [0.29, 0.717) is 10.6 Å². The summed E-state index contributed by atoms with van der Waals surface area (Å²) in [6.07, 6.45) is -0.0557. The van der Waals surface area contributed by atoms with Crippen LogP contribution in [0.3, 0.4) is 0 Å². The molecule has 0 atom stereocenters. The predicted molar refractivity (Wildman–Crippen MR) is 62.8 cm³/mol. The van der Waals surface area contributed by atoms with Gasteiger partial charge in [0.05, 0.1) is 11.1 Å². The van der Waals surface area contributed by atoms with Crippen LogP contribution in [-0.2, 0) is 4.84 Å². The summed E-state index contributed by atoms with van der Waals surface area (Å²) in [5.41, 5.74) is 2.79. The number of hydrogen-bond donors (Lipinski definition) is 1. The van der Waals surface area contributed by atoms with E-state index in [1.54, 1.807) is 18.2 Å². The average molecular weight is 293 g/mol. The van der Waals surface area contributed by atoms with E-state index in [4.69, 9.17) is 16.4 Å². The fraction of sp³-hybridized carbons (Fsp3) is 0.300.